The van der Waals surface area contributed by atoms with Gasteiger partial charge in [0.25, 0.3) is 0 Å². The van der Waals surface area contributed by atoms with E-state index in [1.54, 1.807) is 12.4 Å². The number of aryl methyl sites for hydroxylation is 1. The van der Waals surface area contributed by atoms with Gasteiger partial charge in [-0.15, -0.1) is 11.8 Å². The fourth-order valence-electron chi connectivity index (χ4n) is 0.762. The summed E-state index contributed by atoms with van der Waals surface area (Å²) >= 11 is 1.32. The highest BCUT2D eigenvalue weighted by Gasteiger charge is 2.01. The second kappa shape index (κ2) is 4.11. The van der Waals surface area contributed by atoms with Gasteiger partial charge in [0, 0.05) is 17.3 Å². The minimum absolute atomic E-state index is 0.102. The molecule has 64 valence electrons. The maximum absolute atomic E-state index is 10.2. The first-order chi connectivity index (χ1) is 5.70. The van der Waals surface area contributed by atoms with Crippen LogP contribution in [0.4, 0.5) is 0 Å². The Kier molecular flexibility index (Phi) is 3.10. The van der Waals surface area contributed by atoms with Gasteiger partial charge in [0.2, 0.25) is 0 Å². The van der Waals surface area contributed by atoms with Gasteiger partial charge < -0.3 is 5.11 Å². The molecule has 0 spiro atoms. The van der Waals surface area contributed by atoms with Crippen LogP contribution >= 0.6 is 11.8 Å². The molecule has 1 rings (SSSR count). The lowest BCUT2D eigenvalue weighted by Gasteiger charge is -2.00. The van der Waals surface area contributed by atoms with Crippen molar-refractivity contribution < 1.29 is 9.90 Å². The van der Waals surface area contributed by atoms with E-state index in [-0.39, 0.29) is 5.75 Å². The molecule has 0 aromatic carbocycles. The van der Waals surface area contributed by atoms with E-state index < -0.39 is 5.97 Å². The summed E-state index contributed by atoms with van der Waals surface area (Å²) in [4.78, 5) is 15.1. The fraction of sp³-hybridized carbons (Fsp3) is 0.250. The van der Waals surface area contributed by atoms with Gasteiger partial charge in [-0.25, -0.2) is 0 Å². The molecule has 0 aliphatic rings. The average molecular weight is 183 g/mol. The monoisotopic (exact) mass is 183 g/mol. The Labute approximate surface area is 74.8 Å². The van der Waals surface area contributed by atoms with Crippen LogP contribution in [-0.4, -0.2) is 21.8 Å². The quantitative estimate of drug-likeness (QED) is 0.722. The van der Waals surface area contributed by atoms with E-state index in [1.165, 1.54) is 11.8 Å². The molecule has 1 heterocycles. The van der Waals surface area contributed by atoms with Crippen molar-refractivity contribution in [3.63, 3.8) is 0 Å². The zero-order chi connectivity index (χ0) is 8.97. The van der Waals surface area contributed by atoms with Crippen LogP contribution in [-0.2, 0) is 4.79 Å². The highest BCUT2D eigenvalue weighted by Crippen LogP contribution is 2.20. The van der Waals surface area contributed by atoms with Gasteiger partial charge in [0.15, 0.2) is 0 Å². The predicted molar refractivity (Wildman–Crippen MR) is 47.3 cm³/mol. The van der Waals surface area contributed by atoms with Crippen molar-refractivity contribution in [1.29, 1.82) is 0 Å². The molecule has 1 aromatic heterocycles. The molecule has 0 fully saturated rings. The van der Waals surface area contributed by atoms with E-state index in [0.29, 0.717) is 0 Å². The number of nitrogens with zero attached hydrogens (tertiary/aromatic N) is 1. The molecular formula is C8H9NO2S. The van der Waals surface area contributed by atoms with Crippen LogP contribution in [0.2, 0.25) is 0 Å². The number of hydrogen-bond acceptors (Lipinski definition) is 3. The summed E-state index contributed by atoms with van der Waals surface area (Å²) in [7, 11) is 0. The predicted octanol–water partition coefficient (Wildman–Crippen LogP) is 1.57. The van der Waals surface area contributed by atoms with Gasteiger partial charge >= 0.3 is 5.97 Å². The van der Waals surface area contributed by atoms with Crippen molar-refractivity contribution in [2.45, 2.75) is 11.8 Å². The second-order valence-electron chi connectivity index (χ2n) is 2.32. The maximum atomic E-state index is 10.2. The number of aromatic nitrogens is 1. The van der Waals surface area contributed by atoms with E-state index >= 15 is 0 Å². The molecule has 12 heavy (non-hydrogen) atoms. The molecule has 1 aromatic rings. The van der Waals surface area contributed by atoms with Crippen LogP contribution in [0.3, 0.4) is 0 Å². The second-order valence-corrected chi connectivity index (χ2v) is 3.34. The van der Waals surface area contributed by atoms with Crippen molar-refractivity contribution >= 4 is 17.7 Å². The van der Waals surface area contributed by atoms with E-state index in [2.05, 4.69) is 4.98 Å². The summed E-state index contributed by atoms with van der Waals surface area (Å²) < 4.78 is 0. The van der Waals surface area contributed by atoms with Gasteiger partial charge in [-0.2, -0.15) is 0 Å². The third-order valence-electron chi connectivity index (χ3n) is 1.32. The number of carboxylic acid groups (broad SMARTS) is 1. The number of carboxylic acids is 1. The molecule has 0 aliphatic heterocycles. The molecular weight excluding hydrogens is 174 g/mol. The summed E-state index contributed by atoms with van der Waals surface area (Å²) in [6.45, 7) is 1.91. The summed E-state index contributed by atoms with van der Waals surface area (Å²) in [6.07, 6.45) is 3.39. The lowest BCUT2D eigenvalue weighted by atomic mass is 10.3. The lowest BCUT2D eigenvalue weighted by Crippen LogP contribution is -1.97. The molecule has 0 amide bonds. The van der Waals surface area contributed by atoms with Crippen LogP contribution in [0, 0.1) is 6.92 Å². The Bertz CT molecular complexity index is 288. The molecule has 0 saturated heterocycles. The molecule has 0 radical (unpaired) electrons. The van der Waals surface area contributed by atoms with Crippen molar-refractivity contribution in [3.05, 3.63) is 24.0 Å². The van der Waals surface area contributed by atoms with E-state index in [0.717, 1.165) is 10.5 Å². The number of aliphatic carboxylic acids is 1. The maximum Gasteiger partial charge on any atom is 0.313 e. The Morgan fingerprint density at radius 2 is 2.50 bits per heavy atom. The number of carbonyl (C=O) groups is 1. The topological polar surface area (TPSA) is 50.2 Å². The van der Waals surface area contributed by atoms with E-state index in [4.69, 9.17) is 5.11 Å². The van der Waals surface area contributed by atoms with E-state index in [1.807, 2.05) is 13.0 Å². The van der Waals surface area contributed by atoms with Crippen molar-refractivity contribution in [3.8, 4) is 0 Å². The van der Waals surface area contributed by atoms with Crippen molar-refractivity contribution in [2.24, 2.45) is 0 Å². The van der Waals surface area contributed by atoms with Crippen LogP contribution in [0.1, 0.15) is 5.56 Å². The Balaban J connectivity index is 2.63. The number of hydrogen-bond donors (Lipinski definition) is 1. The molecule has 0 aliphatic carbocycles. The van der Waals surface area contributed by atoms with Gasteiger partial charge in [0.05, 0.1) is 5.75 Å². The first kappa shape index (κ1) is 9.06. The third-order valence-corrected chi connectivity index (χ3v) is 2.48. The zero-order valence-corrected chi connectivity index (χ0v) is 7.47. The van der Waals surface area contributed by atoms with Crippen molar-refractivity contribution in [2.75, 3.05) is 5.75 Å². The first-order valence-electron chi connectivity index (χ1n) is 3.45. The number of rotatable bonds is 3. The number of thioether (sulfide) groups is 1. The van der Waals surface area contributed by atoms with Crippen LogP contribution < -0.4 is 0 Å². The summed E-state index contributed by atoms with van der Waals surface area (Å²) in [6, 6.07) is 1.82. The van der Waals surface area contributed by atoms with Crippen LogP contribution in [0.15, 0.2) is 23.4 Å². The molecule has 0 bridgehead atoms. The summed E-state index contributed by atoms with van der Waals surface area (Å²) in [5.41, 5.74) is 1.02. The Morgan fingerprint density at radius 3 is 3.08 bits per heavy atom. The molecule has 0 unspecified atom stereocenters. The first-order valence-corrected chi connectivity index (χ1v) is 4.44. The van der Waals surface area contributed by atoms with Gasteiger partial charge in [-0.1, -0.05) is 0 Å². The molecule has 4 heteroatoms. The highest BCUT2D eigenvalue weighted by molar-refractivity contribution is 8.00. The SMILES string of the molecule is Cc1cnccc1SCC(=O)O. The Hall–Kier alpha value is -1.03. The smallest absolute Gasteiger partial charge is 0.313 e. The van der Waals surface area contributed by atoms with Crippen LogP contribution in [0.5, 0.6) is 0 Å². The molecule has 0 saturated carbocycles. The average Bonchev–Trinajstić information content (AvgIpc) is 2.03. The van der Waals surface area contributed by atoms with Gasteiger partial charge in [-0.05, 0) is 18.6 Å². The third kappa shape index (κ3) is 2.54. The standard InChI is InChI=1S/C8H9NO2S/c1-6-4-9-3-2-7(6)12-5-8(10)11/h2-4H,5H2,1H3,(H,10,11). The summed E-state index contributed by atoms with van der Waals surface area (Å²) in [5, 5.41) is 8.43. The molecule has 1 N–H and O–H groups in total. The minimum atomic E-state index is -0.795. The lowest BCUT2D eigenvalue weighted by molar-refractivity contribution is -0.133. The zero-order valence-electron chi connectivity index (χ0n) is 6.65. The van der Waals surface area contributed by atoms with Gasteiger partial charge in [0.1, 0.15) is 0 Å². The fourth-order valence-corrected chi connectivity index (χ4v) is 1.48. The summed E-state index contributed by atoms with van der Waals surface area (Å²) in [5.74, 6) is -0.693. The van der Waals surface area contributed by atoms with Gasteiger partial charge in [-0.3, -0.25) is 9.78 Å². The largest absolute Gasteiger partial charge is 0.481 e. The molecule has 0 atom stereocenters. The minimum Gasteiger partial charge on any atom is -0.481 e. The van der Waals surface area contributed by atoms with E-state index in [9.17, 15) is 4.79 Å². The van der Waals surface area contributed by atoms with Crippen molar-refractivity contribution in [1.82, 2.24) is 4.98 Å². The Morgan fingerprint density at radius 1 is 1.75 bits per heavy atom. The van der Waals surface area contributed by atoms with Crippen LogP contribution in [0.25, 0.3) is 0 Å². The normalized spacial score (nSPS) is 9.75. The number of pyridine rings is 1. The molecule has 3 nitrogen and oxygen atoms in total. The highest BCUT2D eigenvalue weighted by atomic mass is 32.2.